The van der Waals surface area contributed by atoms with Gasteiger partial charge in [0.25, 0.3) is 0 Å². The molecule has 0 aliphatic heterocycles. The number of ether oxygens (including phenoxy) is 6. The van der Waals surface area contributed by atoms with E-state index >= 15 is 0 Å². The molecule has 2 aromatic heterocycles. The van der Waals surface area contributed by atoms with Crippen LogP contribution in [0.1, 0.15) is 27.5 Å². The molecule has 230 valence electrons. The van der Waals surface area contributed by atoms with Crippen molar-refractivity contribution in [3.05, 3.63) is 108 Å². The van der Waals surface area contributed by atoms with E-state index in [1.54, 1.807) is 6.07 Å². The van der Waals surface area contributed by atoms with E-state index in [0.717, 1.165) is 11.1 Å². The molecule has 5 rings (SSSR count). The summed E-state index contributed by atoms with van der Waals surface area (Å²) < 4.78 is 32.9. The van der Waals surface area contributed by atoms with Crippen LogP contribution in [0.5, 0.6) is 47.0 Å². The smallest absolute Gasteiger partial charge is 0.364 e. The average Bonchev–Trinajstić information content (AvgIpc) is 3.08. The lowest BCUT2D eigenvalue weighted by atomic mass is 10.00. The number of benzene rings is 3. The van der Waals surface area contributed by atoms with Gasteiger partial charge in [-0.05, 0) is 23.3 Å². The van der Waals surface area contributed by atoms with Gasteiger partial charge in [-0.15, -0.1) is 5.48 Å². The van der Waals surface area contributed by atoms with Crippen molar-refractivity contribution in [2.45, 2.75) is 6.04 Å². The molecule has 0 spiro atoms. The minimum absolute atomic E-state index is 0.000407. The number of hydroxylamine groups is 1. The molecule has 1 N–H and O–H groups in total. The fraction of sp³-hybridized carbons (Fsp3) is 0.156. The second-order valence-electron chi connectivity index (χ2n) is 9.07. The molecule has 0 aliphatic carbocycles. The van der Waals surface area contributed by atoms with E-state index in [1.165, 1.54) is 52.7 Å². The fourth-order valence-corrected chi connectivity index (χ4v) is 4.14. The Bertz CT molecular complexity index is 1580. The third kappa shape index (κ3) is 7.53. The quantitative estimate of drug-likeness (QED) is 0.171. The van der Waals surface area contributed by atoms with Gasteiger partial charge in [-0.3, -0.25) is 0 Å². The molecule has 0 fully saturated rings. The highest BCUT2D eigenvalue weighted by Crippen LogP contribution is 2.36. The van der Waals surface area contributed by atoms with Gasteiger partial charge in [0.1, 0.15) is 17.1 Å². The molecule has 0 bridgehead atoms. The Morgan fingerprint density at radius 1 is 0.578 bits per heavy atom. The molecule has 13 nitrogen and oxygen atoms in total. The van der Waals surface area contributed by atoms with Crippen molar-refractivity contribution >= 4 is 5.97 Å². The van der Waals surface area contributed by atoms with Crippen LogP contribution < -0.4 is 33.9 Å². The van der Waals surface area contributed by atoms with Crippen LogP contribution >= 0.6 is 0 Å². The second-order valence-corrected chi connectivity index (χ2v) is 9.07. The summed E-state index contributed by atoms with van der Waals surface area (Å²) in [6, 6.07) is 25.9. The van der Waals surface area contributed by atoms with Gasteiger partial charge >= 0.3 is 18.0 Å². The van der Waals surface area contributed by atoms with Gasteiger partial charge in [0.15, 0.2) is 0 Å². The minimum Gasteiger partial charge on any atom is -0.481 e. The predicted octanol–water partition coefficient (Wildman–Crippen LogP) is 5.34. The standard InChI is InChI=1S/C32H29N5O8/c1-39-24-18-25(40-2)34-31(33-24)43-22-16-11-17-23(44-32-35-26(41-3)19-27(36-32)42-4)28(22)30(38)45-37-29(20-12-7-5-8-13-20)21-14-9-6-10-15-21/h5-19,29,37H,1-4H3. The SMILES string of the molecule is COc1cc(OC)nc(Oc2cccc(Oc3nc(OC)cc(OC)n3)c2C(=O)ONC(c2ccccc2)c2ccccc2)n1. The van der Waals surface area contributed by atoms with E-state index in [2.05, 4.69) is 25.4 Å². The Morgan fingerprint density at radius 3 is 1.36 bits per heavy atom. The number of methoxy groups -OCH3 is 4. The second kappa shape index (κ2) is 14.5. The zero-order chi connectivity index (χ0) is 31.6. The summed E-state index contributed by atoms with van der Waals surface area (Å²) in [6.45, 7) is 0. The first kappa shape index (κ1) is 30.5. The first-order chi connectivity index (χ1) is 22.0. The number of nitrogens with one attached hydrogen (secondary N) is 1. The third-order valence-electron chi connectivity index (χ3n) is 6.28. The van der Waals surface area contributed by atoms with Crippen LogP contribution in [0.2, 0.25) is 0 Å². The summed E-state index contributed by atoms with van der Waals surface area (Å²) in [6.07, 6.45) is 0. The van der Waals surface area contributed by atoms with Crippen molar-refractivity contribution in [2.24, 2.45) is 0 Å². The lowest BCUT2D eigenvalue weighted by molar-refractivity contribution is 0.0184. The Hall–Kier alpha value is -5.95. The first-order valence-corrected chi connectivity index (χ1v) is 13.5. The monoisotopic (exact) mass is 611 g/mol. The summed E-state index contributed by atoms with van der Waals surface area (Å²) in [5, 5.41) is 0. The lowest BCUT2D eigenvalue weighted by Gasteiger charge is -2.20. The Kier molecular flexibility index (Phi) is 9.82. The number of aromatic nitrogens is 4. The average molecular weight is 612 g/mol. The summed E-state index contributed by atoms with van der Waals surface area (Å²) in [5.74, 6) is -0.120. The van der Waals surface area contributed by atoms with Gasteiger partial charge < -0.3 is 33.3 Å². The zero-order valence-electron chi connectivity index (χ0n) is 24.8. The predicted molar refractivity (Wildman–Crippen MR) is 160 cm³/mol. The van der Waals surface area contributed by atoms with E-state index in [1.807, 2.05) is 60.7 Å². The van der Waals surface area contributed by atoms with Crippen molar-refractivity contribution in [2.75, 3.05) is 28.4 Å². The Morgan fingerprint density at radius 2 is 0.978 bits per heavy atom. The summed E-state index contributed by atoms with van der Waals surface area (Å²) >= 11 is 0. The van der Waals surface area contributed by atoms with Crippen LogP contribution in [0, 0.1) is 0 Å². The summed E-state index contributed by atoms with van der Waals surface area (Å²) in [5.41, 5.74) is 4.51. The van der Waals surface area contributed by atoms with Crippen LogP contribution in [0.3, 0.4) is 0 Å². The number of rotatable bonds is 13. The Balaban J connectivity index is 1.53. The summed E-state index contributed by atoms with van der Waals surface area (Å²) in [7, 11) is 5.75. The van der Waals surface area contributed by atoms with Gasteiger partial charge in [-0.1, -0.05) is 66.7 Å². The van der Waals surface area contributed by atoms with Crippen molar-refractivity contribution in [1.82, 2.24) is 25.4 Å². The highest BCUT2D eigenvalue weighted by atomic mass is 16.7. The maximum atomic E-state index is 13.9. The maximum absolute atomic E-state index is 13.9. The van der Waals surface area contributed by atoms with Crippen LogP contribution in [0.4, 0.5) is 0 Å². The molecule has 0 amide bonds. The van der Waals surface area contributed by atoms with Crippen molar-refractivity contribution in [3.63, 3.8) is 0 Å². The van der Waals surface area contributed by atoms with Gasteiger partial charge in [-0.2, -0.15) is 19.9 Å². The van der Waals surface area contributed by atoms with E-state index in [9.17, 15) is 4.79 Å². The molecule has 0 saturated carbocycles. The molecule has 13 heteroatoms. The van der Waals surface area contributed by atoms with Crippen LogP contribution in [0.25, 0.3) is 0 Å². The van der Waals surface area contributed by atoms with Crippen molar-refractivity contribution in [1.29, 1.82) is 0 Å². The lowest BCUT2D eigenvalue weighted by Crippen LogP contribution is -2.26. The molecular formula is C32H29N5O8. The topological polar surface area (TPSA) is 145 Å². The normalized spacial score (nSPS) is 10.6. The van der Waals surface area contributed by atoms with Crippen LogP contribution in [-0.4, -0.2) is 54.3 Å². The van der Waals surface area contributed by atoms with Crippen molar-refractivity contribution < 1.29 is 38.1 Å². The number of carbonyl (C=O) groups excluding carboxylic acids is 1. The first-order valence-electron chi connectivity index (χ1n) is 13.5. The number of nitrogens with zero attached hydrogens (tertiary/aromatic N) is 4. The largest absolute Gasteiger partial charge is 0.481 e. The van der Waals surface area contributed by atoms with Gasteiger partial charge in [0.2, 0.25) is 23.5 Å². The molecule has 2 heterocycles. The Labute approximate surface area is 258 Å². The highest BCUT2D eigenvalue weighted by molar-refractivity contribution is 5.95. The number of hydrogen-bond donors (Lipinski definition) is 1. The van der Waals surface area contributed by atoms with Gasteiger partial charge in [-0.25, -0.2) is 4.79 Å². The molecule has 5 aromatic rings. The fourth-order valence-electron chi connectivity index (χ4n) is 4.14. The molecule has 3 aromatic carbocycles. The molecule has 45 heavy (non-hydrogen) atoms. The third-order valence-corrected chi connectivity index (χ3v) is 6.28. The van der Waals surface area contributed by atoms with Gasteiger partial charge in [0, 0.05) is 0 Å². The molecule has 0 atom stereocenters. The molecule has 0 aliphatic rings. The molecular weight excluding hydrogens is 582 g/mol. The zero-order valence-corrected chi connectivity index (χ0v) is 24.8. The summed E-state index contributed by atoms with van der Waals surface area (Å²) in [4.78, 5) is 36.4. The van der Waals surface area contributed by atoms with Crippen molar-refractivity contribution in [3.8, 4) is 47.0 Å². The maximum Gasteiger partial charge on any atom is 0.364 e. The van der Waals surface area contributed by atoms with Gasteiger partial charge in [0.05, 0.1) is 46.6 Å². The van der Waals surface area contributed by atoms with Crippen LogP contribution in [-0.2, 0) is 4.84 Å². The van der Waals surface area contributed by atoms with Crippen LogP contribution in [0.15, 0.2) is 91.0 Å². The van der Waals surface area contributed by atoms with E-state index in [0.29, 0.717) is 0 Å². The highest BCUT2D eigenvalue weighted by Gasteiger charge is 2.26. The molecule has 0 saturated heterocycles. The van der Waals surface area contributed by atoms with E-state index < -0.39 is 12.0 Å². The van der Waals surface area contributed by atoms with E-state index in [4.69, 9.17) is 33.3 Å². The molecule has 0 unspecified atom stereocenters. The minimum atomic E-state index is -0.845. The number of hydrogen-bond acceptors (Lipinski definition) is 13. The van der Waals surface area contributed by atoms with E-state index in [-0.39, 0.29) is 52.6 Å². The molecule has 0 radical (unpaired) electrons. The number of carbonyl (C=O) groups is 1.